The standard InChI is InChI=1S/C16H21ClN2O2/c1-18-13-6-5-11(9-14(13)19(2)15(18)20)12(17)10-16(21-3)7-4-8-16/h5-6,9,12H,4,7-8,10H2,1-3H3. The summed E-state index contributed by atoms with van der Waals surface area (Å²) in [6.07, 6.45) is 4.19. The highest BCUT2D eigenvalue weighted by Gasteiger charge is 2.39. The third-order valence-electron chi connectivity index (χ3n) is 4.91. The van der Waals surface area contributed by atoms with E-state index >= 15 is 0 Å². The Morgan fingerprint density at radius 1 is 1.29 bits per heavy atom. The van der Waals surface area contributed by atoms with E-state index in [-0.39, 0.29) is 16.7 Å². The molecule has 4 nitrogen and oxygen atoms in total. The van der Waals surface area contributed by atoms with Gasteiger partial charge in [0.25, 0.3) is 0 Å². The van der Waals surface area contributed by atoms with Crippen LogP contribution in [0.3, 0.4) is 0 Å². The zero-order chi connectivity index (χ0) is 15.2. The number of imidazole rings is 1. The summed E-state index contributed by atoms with van der Waals surface area (Å²) in [5, 5.41) is -0.0926. The highest BCUT2D eigenvalue weighted by atomic mass is 35.5. The van der Waals surface area contributed by atoms with Crippen molar-refractivity contribution in [2.45, 2.75) is 36.7 Å². The molecule has 1 atom stereocenters. The SMILES string of the molecule is COC1(CC(Cl)c2ccc3c(c2)n(C)c(=O)n3C)CCC1. The first kappa shape index (κ1) is 14.7. The molecule has 1 unspecified atom stereocenters. The lowest BCUT2D eigenvalue weighted by molar-refractivity contribution is -0.0780. The van der Waals surface area contributed by atoms with Gasteiger partial charge in [0, 0.05) is 21.2 Å². The predicted octanol–water partition coefficient (Wildman–Crippen LogP) is 3.12. The molecule has 1 aliphatic carbocycles. The average molecular weight is 309 g/mol. The van der Waals surface area contributed by atoms with E-state index in [0.717, 1.165) is 35.9 Å². The van der Waals surface area contributed by atoms with Gasteiger partial charge in [0.2, 0.25) is 0 Å². The lowest BCUT2D eigenvalue weighted by atomic mass is 9.76. The first-order chi connectivity index (χ1) is 9.97. The average Bonchev–Trinajstić information content (AvgIpc) is 2.67. The summed E-state index contributed by atoms with van der Waals surface area (Å²) in [5.74, 6) is 0. The molecule has 1 fully saturated rings. The number of benzene rings is 1. The van der Waals surface area contributed by atoms with Crippen LogP contribution in [0.1, 0.15) is 36.6 Å². The fourth-order valence-corrected chi connectivity index (χ4v) is 3.64. The molecule has 1 aromatic carbocycles. The van der Waals surface area contributed by atoms with E-state index in [9.17, 15) is 4.79 Å². The van der Waals surface area contributed by atoms with Crippen LogP contribution in [0.2, 0.25) is 0 Å². The van der Waals surface area contributed by atoms with Crippen molar-refractivity contribution in [1.82, 2.24) is 9.13 Å². The third-order valence-corrected chi connectivity index (χ3v) is 5.31. The molecule has 1 heterocycles. The lowest BCUT2D eigenvalue weighted by Gasteiger charge is -2.41. The molecule has 0 amide bonds. The van der Waals surface area contributed by atoms with E-state index in [0.29, 0.717) is 0 Å². The van der Waals surface area contributed by atoms with E-state index in [1.807, 2.05) is 18.2 Å². The highest BCUT2D eigenvalue weighted by Crippen LogP contribution is 2.44. The number of fused-ring (bicyclic) bond motifs is 1. The zero-order valence-electron chi connectivity index (χ0n) is 12.7. The molecule has 0 bridgehead atoms. The van der Waals surface area contributed by atoms with Crippen LogP contribution in [0.5, 0.6) is 0 Å². The Bertz CT molecular complexity index is 722. The van der Waals surface area contributed by atoms with Crippen molar-refractivity contribution in [2.24, 2.45) is 14.1 Å². The first-order valence-corrected chi connectivity index (χ1v) is 7.76. The highest BCUT2D eigenvalue weighted by molar-refractivity contribution is 6.21. The van der Waals surface area contributed by atoms with Gasteiger partial charge in [0.15, 0.2) is 0 Å². The number of aryl methyl sites for hydroxylation is 2. The molecule has 0 aliphatic heterocycles. The fraction of sp³-hybridized carbons (Fsp3) is 0.562. The number of hydrogen-bond donors (Lipinski definition) is 0. The minimum absolute atomic E-state index is 0.0133. The Balaban J connectivity index is 1.94. The van der Waals surface area contributed by atoms with Crippen molar-refractivity contribution in [1.29, 1.82) is 0 Å². The predicted molar refractivity (Wildman–Crippen MR) is 85.0 cm³/mol. The number of ether oxygens (including phenoxy) is 1. The summed E-state index contributed by atoms with van der Waals surface area (Å²) in [7, 11) is 5.35. The molecule has 1 saturated carbocycles. The zero-order valence-corrected chi connectivity index (χ0v) is 13.5. The minimum atomic E-state index is -0.0926. The Kier molecular flexibility index (Phi) is 3.62. The van der Waals surface area contributed by atoms with Gasteiger partial charge in [0.05, 0.1) is 22.0 Å². The third kappa shape index (κ3) is 2.30. The van der Waals surface area contributed by atoms with E-state index in [2.05, 4.69) is 0 Å². The molecule has 0 N–H and O–H groups in total. The number of aromatic nitrogens is 2. The number of rotatable bonds is 4. The molecule has 0 spiro atoms. The van der Waals surface area contributed by atoms with E-state index in [1.54, 1.807) is 30.3 Å². The molecule has 3 rings (SSSR count). The number of halogens is 1. The lowest BCUT2D eigenvalue weighted by Crippen LogP contribution is -2.39. The van der Waals surface area contributed by atoms with Gasteiger partial charge in [-0.2, -0.15) is 0 Å². The molecule has 1 aromatic heterocycles. The topological polar surface area (TPSA) is 36.2 Å². The Morgan fingerprint density at radius 2 is 1.95 bits per heavy atom. The van der Waals surface area contributed by atoms with Crippen molar-refractivity contribution < 1.29 is 4.74 Å². The van der Waals surface area contributed by atoms with Crippen molar-refractivity contribution >= 4 is 22.6 Å². The maximum Gasteiger partial charge on any atom is 0.328 e. The molecule has 0 saturated heterocycles. The number of hydrogen-bond acceptors (Lipinski definition) is 2. The number of nitrogens with zero attached hydrogens (tertiary/aromatic N) is 2. The quantitative estimate of drug-likeness (QED) is 0.814. The first-order valence-electron chi connectivity index (χ1n) is 7.32. The van der Waals surface area contributed by atoms with E-state index in [1.165, 1.54) is 6.42 Å². The maximum atomic E-state index is 12.0. The van der Waals surface area contributed by atoms with Gasteiger partial charge in [-0.15, -0.1) is 11.6 Å². The second kappa shape index (κ2) is 5.18. The molecule has 21 heavy (non-hydrogen) atoms. The molecule has 0 radical (unpaired) electrons. The molecule has 1 aliphatic rings. The molecular weight excluding hydrogens is 288 g/mol. The number of alkyl halides is 1. The van der Waals surface area contributed by atoms with Crippen LogP contribution < -0.4 is 5.69 Å². The van der Waals surface area contributed by atoms with Crippen LogP contribution in [0.15, 0.2) is 23.0 Å². The summed E-state index contributed by atoms with van der Waals surface area (Å²) in [4.78, 5) is 12.0. The van der Waals surface area contributed by atoms with Crippen molar-refractivity contribution in [2.75, 3.05) is 7.11 Å². The van der Waals surface area contributed by atoms with Crippen molar-refractivity contribution in [3.05, 3.63) is 34.2 Å². The van der Waals surface area contributed by atoms with Crippen LogP contribution in [-0.2, 0) is 18.8 Å². The van der Waals surface area contributed by atoms with Gasteiger partial charge in [0.1, 0.15) is 0 Å². The van der Waals surface area contributed by atoms with E-state index < -0.39 is 0 Å². The minimum Gasteiger partial charge on any atom is -0.378 e. The van der Waals surface area contributed by atoms with E-state index in [4.69, 9.17) is 16.3 Å². The van der Waals surface area contributed by atoms with Gasteiger partial charge < -0.3 is 4.74 Å². The fourth-order valence-electron chi connectivity index (χ4n) is 3.23. The molecular formula is C16H21ClN2O2. The van der Waals surface area contributed by atoms with Crippen LogP contribution in [-0.4, -0.2) is 21.8 Å². The summed E-state index contributed by atoms with van der Waals surface area (Å²) < 4.78 is 8.98. The van der Waals surface area contributed by atoms with Crippen LogP contribution in [0.4, 0.5) is 0 Å². The normalized spacial score (nSPS) is 18.7. The summed E-state index contributed by atoms with van der Waals surface area (Å²) in [6.45, 7) is 0. The Morgan fingerprint density at radius 3 is 2.52 bits per heavy atom. The van der Waals surface area contributed by atoms with Crippen molar-refractivity contribution in [3.8, 4) is 0 Å². The summed E-state index contributed by atoms with van der Waals surface area (Å²) in [6, 6.07) is 6.01. The van der Waals surface area contributed by atoms with Crippen LogP contribution in [0.25, 0.3) is 11.0 Å². The number of methoxy groups -OCH3 is 1. The second-order valence-corrected chi connectivity index (χ2v) is 6.59. The van der Waals surface area contributed by atoms with Gasteiger partial charge in [-0.3, -0.25) is 9.13 Å². The Hall–Kier alpha value is -1.26. The van der Waals surface area contributed by atoms with Crippen LogP contribution >= 0.6 is 11.6 Å². The van der Waals surface area contributed by atoms with Gasteiger partial charge >= 0.3 is 5.69 Å². The largest absolute Gasteiger partial charge is 0.378 e. The van der Waals surface area contributed by atoms with Crippen LogP contribution in [0, 0.1) is 0 Å². The van der Waals surface area contributed by atoms with Crippen molar-refractivity contribution in [3.63, 3.8) is 0 Å². The maximum absolute atomic E-state index is 12.0. The second-order valence-electron chi connectivity index (χ2n) is 6.06. The molecule has 5 heteroatoms. The Labute approximate surface area is 129 Å². The molecule has 114 valence electrons. The van der Waals surface area contributed by atoms with Gasteiger partial charge in [-0.25, -0.2) is 4.79 Å². The summed E-state index contributed by atoms with van der Waals surface area (Å²) in [5.41, 5.74) is 2.84. The van der Waals surface area contributed by atoms with Gasteiger partial charge in [-0.1, -0.05) is 6.07 Å². The molecule has 2 aromatic rings. The van der Waals surface area contributed by atoms with Gasteiger partial charge in [-0.05, 0) is 43.4 Å². The summed E-state index contributed by atoms with van der Waals surface area (Å²) >= 11 is 6.61. The smallest absolute Gasteiger partial charge is 0.328 e. The monoisotopic (exact) mass is 308 g/mol.